The molecule has 1 spiro atoms. The van der Waals surface area contributed by atoms with E-state index >= 15 is 0 Å². The van der Waals surface area contributed by atoms with E-state index in [4.69, 9.17) is 9.47 Å². The fourth-order valence-corrected chi connectivity index (χ4v) is 8.06. The number of aliphatic hydroxyl groups excluding tert-OH is 1. The van der Waals surface area contributed by atoms with Gasteiger partial charge in [-0.15, -0.1) is 13.2 Å². The van der Waals surface area contributed by atoms with Crippen LogP contribution in [0.4, 0.5) is 5.69 Å². The second-order valence-electron chi connectivity index (χ2n) is 13.7. The summed E-state index contributed by atoms with van der Waals surface area (Å²) in [7, 11) is 0. The Morgan fingerprint density at radius 1 is 1.10 bits per heavy atom. The number of amides is 3. The van der Waals surface area contributed by atoms with E-state index in [9.17, 15) is 24.3 Å². The summed E-state index contributed by atoms with van der Waals surface area (Å²) in [5, 5.41) is 13.5. The lowest BCUT2D eigenvalue weighted by Gasteiger charge is -2.41. The lowest BCUT2D eigenvalue weighted by molar-refractivity contribution is -0.161. The minimum atomic E-state index is -1.29. The van der Waals surface area contributed by atoms with E-state index in [1.807, 2.05) is 76.2 Å². The van der Waals surface area contributed by atoms with Gasteiger partial charge in [0.05, 0.1) is 37.1 Å². The average Bonchev–Trinajstić information content (AvgIpc) is 3.73. The van der Waals surface area contributed by atoms with E-state index in [1.165, 1.54) is 4.90 Å². The Morgan fingerprint density at radius 2 is 1.80 bits per heavy atom. The predicted molar refractivity (Wildman–Crippen MR) is 186 cm³/mol. The Morgan fingerprint density at radius 3 is 2.41 bits per heavy atom. The van der Waals surface area contributed by atoms with Crippen LogP contribution in [0.5, 0.6) is 0 Å². The van der Waals surface area contributed by atoms with Crippen LogP contribution in [0.2, 0.25) is 0 Å². The van der Waals surface area contributed by atoms with Gasteiger partial charge in [-0.1, -0.05) is 74.5 Å². The van der Waals surface area contributed by atoms with Crippen LogP contribution in [0.25, 0.3) is 0 Å². The number of aryl methyl sites for hydroxylation is 2. The van der Waals surface area contributed by atoms with Crippen LogP contribution < -0.4 is 10.2 Å². The number of benzene rings is 2. The highest BCUT2D eigenvalue weighted by Crippen LogP contribution is 2.59. The first-order chi connectivity index (χ1) is 23.5. The summed E-state index contributed by atoms with van der Waals surface area (Å²) in [4.78, 5) is 59.6. The largest absolute Gasteiger partial charge is 0.455 e. The van der Waals surface area contributed by atoms with Gasteiger partial charge in [0.1, 0.15) is 17.7 Å². The van der Waals surface area contributed by atoms with Crippen LogP contribution in [0, 0.1) is 31.6 Å². The van der Waals surface area contributed by atoms with Gasteiger partial charge in [-0.2, -0.15) is 0 Å². The molecule has 0 aliphatic carbocycles. The number of ether oxygens (including phenoxy) is 2. The number of aliphatic hydroxyl groups is 1. The number of nitrogens with one attached hydrogen (secondary N) is 1. The zero-order valence-corrected chi connectivity index (χ0v) is 29.0. The van der Waals surface area contributed by atoms with Crippen molar-refractivity contribution in [3.63, 3.8) is 0 Å². The van der Waals surface area contributed by atoms with Gasteiger partial charge in [-0.3, -0.25) is 19.2 Å². The minimum Gasteiger partial charge on any atom is -0.455 e. The van der Waals surface area contributed by atoms with Crippen molar-refractivity contribution in [1.82, 2.24) is 10.2 Å². The van der Waals surface area contributed by atoms with Gasteiger partial charge in [0.15, 0.2) is 0 Å². The molecule has 3 heterocycles. The summed E-state index contributed by atoms with van der Waals surface area (Å²) in [5.41, 5.74) is 1.92. The van der Waals surface area contributed by atoms with E-state index < -0.39 is 53.6 Å². The number of carbonyl (C=O) groups is 4. The molecule has 3 aliphatic rings. The molecule has 3 amide bonds. The van der Waals surface area contributed by atoms with Gasteiger partial charge >= 0.3 is 5.97 Å². The molecule has 7 atom stereocenters. The van der Waals surface area contributed by atoms with Crippen LogP contribution in [-0.2, 0) is 28.7 Å². The van der Waals surface area contributed by atoms with Crippen LogP contribution in [-0.4, -0.2) is 77.2 Å². The Balaban J connectivity index is 1.52. The molecule has 0 aromatic heterocycles. The molecule has 0 saturated carbocycles. The zero-order chi connectivity index (χ0) is 35.5. The molecule has 3 aliphatic heterocycles. The summed E-state index contributed by atoms with van der Waals surface area (Å²) in [6, 6.07) is 13.2. The van der Waals surface area contributed by atoms with E-state index in [-0.39, 0.29) is 43.8 Å². The van der Waals surface area contributed by atoms with Crippen molar-refractivity contribution < 1.29 is 33.8 Å². The van der Waals surface area contributed by atoms with Crippen molar-refractivity contribution in [2.24, 2.45) is 17.8 Å². The van der Waals surface area contributed by atoms with E-state index in [1.54, 1.807) is 17.1 Å². The minimum absolute atomic E-state index is 0.0488. The molecule has 0 radical (unpaired) electrons. The molecule has 262 valence electrons. The third kappa shape index (κ3) is 6.68. The molecular formula is C39H49N3O7. The van der Waals surface area contributed by atoms with Crippen LogP contribution in [0.15, 0.2) is 73.8 Å². The first-order valence-electron chi connectivity index (χ1n) is 17.2. The first-order valence-corrected chi connectivity index (χ1v) is 17.2. The number of nitrogens with zero attached hydrogens (tertiary/aromatic N) is 2. The van der Waals surface area contributed by atoms with Gasteiger partial charge in [-0.05, 0) is 55.7 Å². The average molecular weight is 672 g/mol. The number of para-hydroxylation sites is 1. The summed E-state index contributed by atoms with van der Waals surface area (Å²) >= 11 is 0. The topological polar surface area (TPSA) is 125 Å². The van der Waals surface area contributed by atoms with Crippen molar-refractivity contribution >= 4 is 29.4 Å². The van der Waals surface area contributed by atoms with Crippen molar-refractivity contribution in [1.29, 1.82) is 0 Å². The van der Waals surface area contributed by atoms with Crippen molar-refractivity contribution in [2.45, 2.75) is 83.3 Å². The maximum atomic E-state index is 15.0. The molecule has 5 rings (SSSR count). The van der Waals surface area contributed by atoms with E-state index in [2.05, 4.69) is 18.5 Å². The summed E-state index contributed by atoms with van der Waals surface area (Å²) in [5.74, 6) is -3.70. The van der Waals surface area contributed by atoms with Crippen LogP contribution in [0.1, 0.15) is 62.3 Å². The second kappa shape index (κ2) is 15.1. The van der Waals surface area contributed by atoms with E-state index in [0.29, 0.717) is 24.8 Å². The molecule has 3 fully saturated rings. The highest BCUT2D eigenvalue weighted by molar-refractivity contribution is 6.05. The molecule has 2 aromatic rings. The number of fused-ring (bicyclic) bond motifs is 1. The standard InChI is InChI=1S/C39H49N3O7/c1-7-9-18-31(44)40-22-30(27-16-11-10-12-17-27)48-38(47)32-29-19-20-39(49-29)33(32)36(45)42(28(23-43)24(3)4)35(39)37(46)41(21-8-2)34-25(5)14-13-15-26(34)6/h7-8,10-17,24,28-30,32-33,35,43H,1-2,9,18-23H2,3-6H3,(H,40,44)/t28-,29-,30-,32+,33+,35-,39+/m0/s1. The number of esters is 1. The molecule has 10 nitrogen and oxygen atoms in total. The fraction of sp³-hybridized carbons (Fsp3) is 0.487. The number of carbonyl (C=O) groups excluding carboxylic acids is 4. The van der Waals surface area contributed by atoms with Crippen LogP contribution >= 0.6 is 0 Å². The molecule has 2 bridgehead atoms. The van der Waals surface area contributed by atoms with E-state index in [0.717, 1.165) is 16.8 Å². The van der Waals surface area contributed by atoms with Crippen molar-refractivity contribution in [2.75, 3.05) is 24.6 Å². The Labute approximate surface area is 289 Å². The lowest BCUT2D eigenvalue weighted by atomic mass is 9.70. The maximum absolute atomic E-state index is 15.0. The zero-order valence-electron chi connectivity index (χ0n) is 29.0. The smallest absolute Gasteiger partial charge is 0.313 e. The van der Waals surface area contributed by atoms with Crippen molar-refractivity contribution in [3.8, 4) is 0 Å². The van der Waals surface area contributed by atoms with Gasteiger partial charge < -0.3 is 29.7 Å². The molecule has 3 saturated heterocycles. The number of hydrogen-bond donors (Lipinski definition) is 2. The normalized spacial score (nSPS) is 25.1. The molecule has 49 heavy (non-hydrogen) atoms. The summed E-state index contributed by atoms with van der Waals surface area (Å²) < 4.78 is 12.8. The molecule has 2 aromatic carbocycles. The highest BCUT2D eigenvalue weighted by atomic mass is 16.6. The quantitative estimate of drug-likeness (QED) is 0.210. The third-order valence-corrected chi connectivity index (χ3v) is 10.3. The Hall–Kier alpha value is -4.28. The second-order valence-corrected chi connectivity index (χ2v) is 13.7. The fourth-order valence-electron chi connectivity index (χ4n) is 8.06. The first kappa shape index (κ1) is 36.0. The molecule has 2 N–H and O–H groups in total. The van der Waals surface area contributed by atoms with Gasteiger partial charge in [0.25, 0.3) is 5.91 Å². The molecule has 10 heteroatoms. The van der Waals surface area contributed by atoms with Gasteiger partial charge in [-0.25, -0.2) is 0 Å². The predicted octanol–water partition coefficient (Wildman–Crippen LogP) is 4.58. The lowest BCUT2D eigenvalue weighted by Crippen LogP contribution is -2.60. The number of likely N-dealkylation sites (tertiary alicyclic amines) is 1. The summed E-state index contributed by atoms with van der Waals surface area (Å²) in [6.45, 7) is 15.1. The van der Waals surface area contributed by atoms with Crippen LogP contribution in [0.3, 0.4) is 0 Å². The van der Waals surface area contributed by atoms with Gasteiger partial charge in [0.2, 0.25) is 11.8 Å². The number of rotatable bonds is 15. The van der Waals surface area contributed by atoms with Crippen molar-refractivity contribution in [3.05, 3.63) is 90.5 Å². The monoisotopic (exact) mass is 671 g/mol. The molecule has 0 unspecified atom stereocenters. The van der Waals surface area contributed by atoms with Gasteiger partial charge in [0, 0.05) is 18.7 Å². The highest BCUT2D eigenvalue weighted by Gasteiger charge is 2.76. The third-order valence-electron chi connectivity index (χ3n) is 10.3. The number of hydrogen-bond acceptors (Lipinski definition) is 7. The SMILES string of the molecule is C=CCCC(=O)NC[C@H](OC(=O)[C@@H]1[C@@H]2CC[C@]3(O2)[C@H](C(=O)N(CC=C)c2c(C)cccc2C)N([C@@H](CO)C(C)C)C(=O)[C@@H]13)c1ccccc1. The molecular weight excluding hydrogens is 622 g/mol. The maximum Gasteiger partial charge on any atom is 0.313 e. The Bertz CT molecular complexity index is 1560. The number of allylic oxidation sites excluding steroid dienone is 1. The Kier molecular flexibility index (Phi) is 11.1. The number of anilines is 1. The summed E-state index contributed by atoms with van der Waals surface area (Å²) in [6.07, 6.45) is 3.52.